The lowest BCUT2D eigenvalue weighted by Crippen LogP contribution is -2.10. The van der Waals surface area contributed by atoms with Gasteiger partial charge in [0.05, 0.1) is 23.2 Å². The van der Waals surface area contributed by atoms with Crippen LogP contribution in [0, 0.1) is 0 Å². The molecule has 2 N–H and O–H groups in total. The molecule has 0 unspecified atom stereocenters. The highest BCUT2D eigenvalue weighted by Gasteiger charge is 2.11. The fourth-order valence-corrected chi connectivity index (χ4v) is 2.89. The lowest BCUT2D eigenvalue weighted by molar-refractivity contribution is 0.0601. The van der Waals surface area contributed by atoms with Crippen LogP contribution in [-0.2, 0) is 4.74 Å². The molecule has 25 heavy (non-hydrogen) atoms. The highest BCUT2D eigenvalue weighted by molar-refractivity contribution is 7.12. The number of methoxy groups -OCH3 is 1. The number of nitrogens with one attached hydrogen (secondary N) is 2. The number of benzene rings is 2. The van der Waals surface area contributed by atoms with E-state index in [0.29, 0.717) is 21.8 Å². The lowest BCUT2D eigenvalue weighted by atomic mass is 10.1. The largest absolute Gasteiger partial charge is 0.465 e. The van der Waals surface area contributed by atoms with Gasteiger partial charge in [-0.25, -0.2) is 4.79 Å². The van der Waals surface area contributed by atoms with Crippen LogP contribution in [-0.4, -0.2) is 19.0 Å². The fourth-order valence-electron chi connectivity index (χ4n) is 2.27. The van der Waals surface area contributed by atoms with Gasteiger partial charge in [-0.05, 0) is 47.8 Å². The van der Waals surface area contributed by atoms with Gasteiger partial charge >= 0.3 is 5.97 Å². The average Bonchev–Trinajstić information content (AvgIpc) is 3.18. The van der Waals surface area contributed by atoms with Crippen molar-refractivity contribution in [2.75, 3.05) is 17.7 Å². The van der Waals surface area contributed by atoms with Crippen LogP contribution in [0.25, 0.3) is 0 Å². The third-order valence-corrected chi connectivity index (χ3v) is 4.37. The van der Waals surface area contributed by atoms with E-state index in [9.17, 15) is 9.59 Å². The van der Waals surface area contributed by atoms with Crippen LogP contribution in [0.3, 0.4) is 0 Å². The first-order valence-electron chi connectivity index (χ1n) is 7.56. The number of hydrogen-bond acceptors (Lipinski definition) is 5. The molecule has 0 aliphatic rings. The number of esters is 1. The molecule has 5 nitrogen and oxygen atoms in total. The molecule has 3 aromatic rings. The van der Waals surface area contributed by atoms with Crippen LogP contribution < -0.4 is 10.6 Å². The van der Waals surface area contributed by atoms with Gasteiger partial charge in [0.25, 0.3) is 5.91 Å². The van der Waals surface area contributed by atoms with Gasteiger partial charge in [0, 0.05) is 11.4 Å². The Labute approximate surface area is 149 Å². The molecule has 6 heteroatoms. The molecule has 1 aromatic heterocycles. The molecular weight excluding hydrogens is 336 g/mol. The van der Waals surface area contributed by atoms with Crippen molar-refractivity contribution < 1.29 is 14.3 Å². The Morgan fingerprint density at radius 1 is 0.920 bits per heavy atom. The molecule has 0 saturated carbocycles. The van der Waals surface area contributed by atoms with E-state index in [2.05, 4.69) is 10.6 Å². The molecule has 0 fully saturated rings. The van der Waals surface area contributed by atoms with Gasteiger partial charge < -0.3 is 15.4 Å². The second-order valence-electron chi connectivity index (χ2n) is 5.17. The van der Waals surface area contributed by atoms with E-state index in [1.165, 1.54) is 18.4 Å². The van der Waals surface area contributed by atoms with Crippen molar-refractivity contribution in [3.05, 3.63) is 76.5 Å². The van der Waals surface area contributed by atoms with Crippen LogP contribution in [0.4, 0.5) is 17.1 Å². The first kappa shape index (κ1) is 16.7. The quantitative estimate of drug-likeness (QED) is 0.662. The molecule has 0 aliphatic heterocycles. The van der Waals surface area contributed by atoms with Crippen LogP contribution in [0.15, 0.2) is 66.0 Å². The Bertz CT molecular complexity index is 874. The number of hydrogen-bond donors (Lipinski definition) is 2. The first-order valence-corrected chi connectivity index (χ1v) is 8.44. The second kappa shape index (κ2) is 7.63. The Balaban J connectivity index is 1.71. The number of anilines is 3. The molecule has 1 amide bonds. The van der Waals surface area contributed by atoms with Crippen LogP contribution in [0.2, 0.25) is 0 Å². The van der Waals surface area contributed by atoms with Crippen molar-refractivity contribution in [2.24, 2.45) is 0 Å². The Morgan fingerprint density at radius 2 is 1.64 bits per heavy atom. The van der Waals surface area contributed by atoms with Crippen molar-refractivity contribution in [1.29, 1.82) is 0 Å². The molecule has 0 aliphatic carbocycles. The number of rotatable bonds is 5. The monoisotopic (exact) mass is 352 g/mol. The topological polar surface area (TPSA) is 67.4 Å². The smallest absolute Gasteiger partial charge is 0.339 e. The number of para-hydroxylation sites is 1. The van der Waals surface area contributed by atoms with E-state index in [1.54, 1.807) is 36.4 Å². The van der Waals surface area contributed by atoms with Crippen molar-refractivity contribution in [3.8, 4) is 0 Å². The Morgan fingerprint density at radius 3 is 2.32 bits per heavy atom. The molecule has 2 aromatic carbocycles. The lowest BCUT2D eigenvalue weighted by Gasteiger charge is -2.11. The molecule has 0 atom stereocenters. The maximum Gasteiger partial charge on any atom is 0.339 e. The predicted molar refractivity (Wildman–Crippen MR) is 99.8 cm³/mol. The van der Waals surface area contributed by atoms with Gasteiger partial charge in [-0.3, -0.25) is 4.79 Å². The molecule has 3 rings (SSSR count). The highest BCUT2D eigenvalue weighted by Crippen LogP contribution is 2.23. The van der Waals surface area contributed by atoms with E-state index < -0.39 is 5.97 Å². The van der Waals surface area contributed by atoms with Crippen LogP contribution in [0.5, 0.6) is 0 Å². The molecule has 0 saturated heterocycles. The number of carbonyl (C=O) groups is 2. The third kappa shape index (κ3) is 4.05. The molecular formula is C19H16N2O3S. The van der Waals surface area contributed by atoms with Gasteiger partial charge in [-0.2, -0.15) is 0 Å². The van der Waals surface area contributed by atoms with Crippen molar-refractivity contribution in [3.63, 3.8) is 0 Å². The van der Waals surface area contributed by atoms with Gasteiger partial charge in [0.1, 0.15) is 0 Å². The summed E-state index contributed by atoms with van der Waals surface area (Å²) in [6, 6.07) is 18.0. The molecule has 0 radical (unpaired) electrons. The second-order valence-corrected chi connectivity index (χ2v) is 6.12. The minimum atomic E-state index is -0.400. The summed E-state index contributed by atoms with van der Waals surface area (Å²) in [5.41, 5.74) is 2.61. The zero-order chi connectivity index (χ0) is 17.6. The van der Waals surface area contributed by atoms with Gasteiger partial charge in [-0.15, -0.1) is 11.3 Å². The van der Waals surface area contributed by atoms with Gasteiger partial charge in [0.15, 0.2) is 0 Å². The molecule has 1 heterocycles. The number of carbonyl (C=O) groups excluding carboxylic acids is 2. The zero-order valence-corrected chi connectivity index (χ0v) is 14.3. The third-order valence-electron chi connectivity index (χ3n) is 3.50. The highest BCUT2D eigenvalue weighted by atomic mass is 32.1. The standard InChI is InChI=1S/C19H16N2O3S/c1-24-19(23)15-5-2-3-6-16(15)20-13-8-10-14(11-9-13)21-18(22)17-7-4-12-25-17/h2-12,20H,1H3,(H,21,22). The predicted octanol–water partition coefficient (Wildman–Crippen LogP) is 4.53. The minimum absolute atomic E-state index is 0.133. The first-order chi connectivity index (χ1) is 12.2. The van der Waals surface area contributed by atoms with Crippen LogP contribution in [0.1, 0.15) is 20.0 Å². The summed E-state index contributed by atoms with van der Waals surface area (Å²) < 4.78 is 4.79. The normalized spacial score (nSPS) is 10.1. The van der Waals surface area contributed by atoms with Gasteiger partial charge in [0.2, 0.25) is 0 Å². The van der Waals surface area contributed by atoms with E-state index in [-0.39, 0.29) is 5.91 Å². The summed E-state index contributed by atoms with van der Waals surface area (Å²) in [7, 11) is 1.35. The van der Waals surface area contributed by atoms with Crippen molar-refractivity contribution in [1.82, 2.24) is 0 Å². The number of amides is 1. The summed E-state index contributed by atoms with van der Waals surface area (Å²) in [6.45, 7) is 0. The summed E-state index contributed by atoms with van der Waals surface area (Å²) in [6.07, 6.45) is 0. The Hall–Kier alpha value is -3.12. The number of ether oxygens (including phenoxy) is 1. The average molecular weight is 352 g/mol. The SMILES string of the molecule is COC(=O)c1ccccc1Nc1ccc(NC(=O)c2cccs2)cc1. The molecule has 126 valence electrons. The Kier molecular flexibility index (Phi) is 5.11. The number of thiophene rings is 1. The van der Waals surface area contributed by atoms with E-state index in [1.807, 2.05) is 29.6 Å². The molecule has 0 spiro atoms. The zero-order valence-electron chi connectivity index (χ0n) is 13.5. The summed E-state index contributed by atoms with van der Waals surface area (Å²) in [5, 5.41) is 7.89. The van der Waals surface area contributed by atoms with E-state index in [0.717, 1.165) is 5.69 Å². The summed E-state index contributed by atoms with van der Waals surface area (Å²) in [4.78, 5) is 24.5. The maximum atomic E-state index is 12.0. The molecule has 0 bridgehead atoms. The summed E-state index contributed by atoms with van der Waals surface area (Å²) in [5.74, 6) is -0.533. The fraction of sp³-hybridized carbons (Fsp3) is 0.0526. The summed E-state index contributed by atoms with van der Waals surface area (Å²) >= 11 is 1.39. The van der Waals surface area contributed by atoms with Gasteiger partial charge in [-0.1, -0.05) is 18.2 Å². The van der Waals surface area contributed by atoms with Crippen LogP contribution >= 0.6 is 11.3 Å². The van der Waals surface area contributed by atoms with E-state index in [4.69, 9.17) is 4.74 Å². The van der Waals surface area contributed by atoms with E-state index >= 15 is 0 Å². The maximum absolute atomic E-state index is 12.0. The van der Waals surface area contributed by atoms with Crippen molar-refractivity contribution in [2.45, 2.75) is 0 Å². The van der Waals surface area contributed by atoms with Crippen molar-refractivity contribution >= 4 is 40.3 Å². The minimum Gasteiger partial charge on any atom is -0.465 e.